The summed E-state index contributed by atoms with van der Waals surface area (Å²) in [6, 6.07) is 0. The molecule has 2 rings (SSSR count). The fourth-order valence-electron chi connectivity index (χ4n) is 2.78. The molecule has 0 saturated carbocycles. The summed E-state index contributed by atoms with van der Waals surface area (Å²) < 4.78 is 0. The zero-order chi connectivity index (χ0) is 18.5. The van der Waals surface area contributed by atoms with E-state index in [1.165, 1.54) is 36.8 Å². The molecule has 0 spiro atoms. The van der Waals surface area contributed by atoms with Gasteiger partial charge in [0, 0.05) is 0 Å². The van der Waals surface area contributed by atoms with Crippen LogP contribution in [0.1, 0.15) is 80.1 Å². The van der Waals surface area contributed by atoms with Gasteiger partial charge in [-0.1, -0.05) is 66.2 Å². The Morgan fingerprint density at radius 2 is 1.07 bits per heavy atom. The number of rotatable bonds is 6. The molecule has 0 aromatic heterocycles. The van der Waals surface area contributed by atoms with Crippen LogP contribution in [-0.2, 0) is 23.3 Å². The summed E-state index contributed by atoms with van der Waals surface area (Å²) in [6.45, 7) is 15.3. The van der Waals surface area contributed by atoms with Crippen LogP contribution in [-0.4, -0.2) is 6.88 Å². The van der Waals surface area contributed by atoms with Crippen LogP contribution in [0.4, 0.5) is 0 Å². The summed E-state index contributed by atoms with van der Waals surface area (Å²) in [5.74, 6) is 1.31. The fraction of sp³-hybridized carbons (Fsp3) is 0.583. The summed E-state index contributed by atoms with van der Waals surface area (Å²) in [5.41, 5.74) is 5.95. The van der Waals surface area contributed by atoms with Gasteiger partial charge in [0.25, 0.3) is 0 Å². The van der Waals surface area contributed by atoms with Gasteiger partial charge in [-0.3, -0.25) is 12.2 Å². The van der Waals surface area contributed by atoms with Crippen molar-refractivity contribution in [2.45, 2.75) is 80.1 Å². The zero-order valence-corrected chi connectivity index (χ0v) is 25.1. The summed E-state index contributed by atoms with van der Waals surface area (Å²) in [6.07, 6.45) is 18.7. The zero-order valence-electron chi connectivity index (χ0n) is 19.6. The molecule has 0 amide bonds. The minimum absolute atomic E-state index is 0. The van der Waals surface area contributed by atoms with Crippen LogP contribution in [0.25, 0.3) is 0 Å². The second kappa shape index (κ2) is 23.9. The Bertz CT molecular complexity index is 445. The molecular weight excluding hydrogens is 478 g/mol. The predicted molar refractivity (Wildman–Crippen MR) is 134 cm³/mol. The molecule has 0 aromatic carbocycles. The molecule has 0 N–H and O–H groups in total. The molecule has 0 bridgehead atoms. The average Bonchev–Trinajstić information content (AvgIpc) is 3.20. The third-order valence-electron chi connectivity index (χ3n) is 4.14. The van der Waals surface area contributed by atoms with Crippen molar-refractivity contribution in [2.75, 3.05) is 0 Å². The molecule has 0 fully saturated rings. The van der Waals surface area contributed by atoms with Crippen LogP contribution in [0.2, 0.25) is 0 Å². The second-order valence-corrected chi connectivity index (χ2v) is 7.03. The van der Waals surface area contributed by atoms with Crippen molar-refractivity contribution in [3.05, 3.63) is 61.4 Å². The van der Waals surface area contributed by atoms with E-state index in [4.69, 9.17) is 0 Å². The van der Waals surface area contributed by atoms with Crippen LogP contribution in [0.3, 0.4) is 0 Å². The molecule has 0 aliphatic heterocycles. The topological polar surface area (TPSA) is 0 Å². The molecule has 0 aromatic rings. The predicted octanol–water partition coefficient (Wildman–Crippen LogP) is 7.83. The van der Waals surface area contributed by atoms with E-state index >= 15 is 0 Å². The van der Waals surface area contributed by atoms with Gasteiger partial charge < -0.3 is 14.9 Å². The Labute approximate surface area is 207 Å². The molecule has 0 heterocycles. The van der Waals surface area contributed by atoms with Gasteiger partial charge in [-0.15, -0.1) is 37.7 Å². The Kier molecular flexibility index (Phi) is 33.4. The van der Waals surface area contributed by atoms with Gasteiger partial charge in [-0.05, 0) is 12.8 Å². The number of halogens is 2. The van der Waals surface area contributed by atoms with E-state index in [0.29, 0.717) is 11.8 Å². The summed E-state index contributed by atoms with van der Waals surface area (Å²) in [7, 11) is 0. The van der Waals surface area contributed by atoms with Gasteiger partial charge in [0.1, 0.15) is 0 Å². The first kappa shape index (κ1) is 39.2. The van der Waals surface area contributed by atoms with Gasteiger partial charge in [-0.25, -0.2) is 23.3 Å². The second-order valence-electron chi connectivity index (χ2n) is 7.03. The van der Waals surface area contributed by atoms with Crippen molar-refractivity contribution in [3.63, 3.8) is 0 Å². The molecule has 0 nitrogen and oxygen atoms in total. The molecular formula is C24H44Cl2SiZr-4. The van der Waals surface area contributed by atoms with E-state index in [1.807, 2.05) is 6.88 Å². The summed E-state index contributed by atoms with van der Waals surface area (Å²) in [5, 5.41) is 0. The quantitative estimate of drug-likeness (QED) is 0.246. The number of hydrogen-bond acceptors (Lipinski definition) is 0. The molecule has 166 valence electrons. The van der Waals surface area contributed by atoms with Crippen molar-refractivity contribution >= 4 is 31.7 Å². The van der Waals surface area contributed by atoms with Crippen LogP contribution in [0.15, 0.2) is 34.4 Å². The van der Waals surface area contributed by atoms with E-state index in [2.05, 4.69) is 65.8 Å². The molecule has 28 heavy (non-hydrogen) atoms. The van der Waals surface area contributed by atoms with Crippen LogP contribution < -0.4 is 0 Å². The fourth-order valence-corrected chi connectivity index (χ4v) is 2.78. The van der Waals surface area contributed by atoms with Gasteiger partial charge in [0.15, 0.2) is 0 Å². The van der Waals surface area contributed by atoms with Crippen LogP contribution >= 0.6 is 24.8 Å². The van der Waals surface area contributed by atoms with Crippen molar-refractivity contribution in [3.8, 4) is 0 Å². The summed E-state index contributed by atoms with van der Waals surface area (Å²) >= 11 is 1.58. The van der Waals surface area contributed by atoms with E-state index in [9.17, 15) is 0 Å². The first-order valence-corrected chi connectivity index (χ1v) is 15.4. The number of allylic oxidation sites excluding steroid dienone is 8. The van der Waals surface area contributed by atoms with Crippen molar-refractivity contribution in [1.82, 2.24) is 0 Å². The van der Waals surface area contributed by atoms with Gasteiger partial charge in [0.05, 0.1) is 0 Å². The molecule has 4 heteroatoms. The number of hydrogen-bond donors (Lipinski definition) is 0. The molecule has 0 unspecified atom stereocenters. The molecule has 0 radical (unpaired) electrons. The first-order chi connectivity index (χ1) is 11.5. The normalized spacial score (nSPS) is 13.5. The molecule has 2 aliphatic carbocycles. The minimum atomic E-state index is 0. The summed E-state index contributed by atoms with van der Waals surface area (Å²) in [4.78, 5) is 0. The average molecular weight is 523 g/mol. The Hall–Kier alpha value is 0.640. The first-order valence-electron chi connectivity index (χ1n) is 9.43. The van der Waals surface area contributed by atoms with Gasteiger partial charge in [-0.2, -0.15) is 11.1 Å². The van der Waals surface area contributed by atoms with Crippen molar-refractivity contribution in [2.24, 2.45) is 11.8 Å². The monoisotopic (exact) mass is 520 g/mol. The Morgan fingerprint density at radius 1 is 0.786 bits per heavy atom. The molecule has 0 saturated heterocycles. The van der Waals surface area contributed by atoms with E-state index in [-0.39, 0.29) is 39.7 Å². The molecule has 2 aliphatic rings. The maximum atomic E-state index is 3.42. The van der Waals surface area contributed by atoms with Crippen LogP contribution in [0, 0.1) is 38.8 Å². The van der Waals surface area contributed by atoms with Gasteiger partial charge in [0.2, 0.25) is 0 Å². The van der Waals surface area contributed by atoms with Crippen LogP contribution in [0.5, 0.6) is 0 Å². The Morgan fingerprint density at radius 3 is 1.25 bits per heavy atom. The van der Waals surface area contributed by atoms with E-state index in [0.717, 1.165) is 12.8 Å². The third kappa shape index (κ3) is 16.4. The Balaban J connectivity index is -0.000000102. The maximum absolute atomic E-state index is 3.42. The van der Waals surface area contributed by atoms with E-state index in [1.54, 1.807) is 34.5 Å². The van der Waals surface area contributed by atoms with Gasteiger partial charge >= 0.3 is 30.2 Å². The molecule has 0 atom stereocenters. The van der Waals surface area contributed by atoms with Crippen molar-refractivity contribution < 1.29 is 23.3 Å². The van der Waals surface area contributed by atoms with Crippen molar-refractivity contribution in [1.29, 1.82) is 0 Å². The third-order valence-corrected chi connectivity index (χ3v) is 4.14. The van der Waals surface area contributed by atoms with E-state index < -0.39 is 0 Å². The SMILES string of the molecule is CCCC1=CC(C(C)C)=[C-]C1.CCCC1=CC(C(C)C)=[C-]C1.Cl.Cl.[CH3-].[CH3-].[SiH2]=[Zr]. The standard InChI is InChI=1S/2C11H17.2CH3.2ClH.H2Si.Zr/c2*1-4-5-10-6-7-11(8-10)9(2)3;;;;;;/h2*8-9H,4-6H2,1-3H3;2*1H3;2*1H;1H2;/q4*-1;;;;.